The summed E-state index contributed by atoms with van der Waals surface area (Å²) in [6.45, 7) is 10.5. The van der Waals surface area contributed by atoms with Gasteiger partial charge in [0, 0.05) is 35.4 Å². The lowest BCUT2D eigenvalue weighted by Gasteiger charge is -2.16. The lowest BCUT2D eigenvalue weighted by molar-refractivity contribution is 1.15. The van der Waals surface area contributed by atoms with E-state index < -0.39 is 0 Å². The summed E-state index contributed by atoms with van der Waals surface area (Å²) >= 11 is 0. The van der Waals surface area contributed by atoms with Crippen molar-refractivity contribution in [2.24, 2.45) is 0 Å². The Labute approximate surface area is 149 Å². The zero-order chi connectivity index (χ0) is 18.0. The molecule has 4 N–H and O–H groups in total. The Morgan fingerprint density at radius 1 is 1.28 bits per heavy atom. The molecule has 3 nitrogen and oxygen atoms in total. The van der Waals surface area contributed by atoms with Crippen molar-refractivity contribution in [2.75, 3.05) is 11.1 Å². The van der Waals surface area contributed by atoms with Gasteiger partial charge < -0.3 is 16.0 Å². The topological polar surface area (TPSA) is 53.8 Å². The van der Waals surface area contributed by atoms with Crippen LogP contribution in [0.4, 0.5) is 11.4 Å². The molecule has 0 saturated carbocycles. The number of benzene rings is 1. The molecule has 3 heteroatoms. The number of H-pyrrole nitrogens is 1. The summed E-state index contributed by atoms with van der Waals surface area (Å²) in [5.41, 5.74) is 15.6. The molecule has 0 aliphatic heterocycles. The zero-order valence-corrected chi connectivity index (χ0v) is 15.1. The highest BCUT2D eigenvalue weighted by molar-refractivity contribution is 5.72. The number of anilines is 2. The van der Waals surface area contributed by atoms with Crippen LogP contribution in [0.2, 0.25) is 0 Å². The Kier molecular flexibility index (Phi) is 4.66. The summed E-state index contributed by atoms with van der Waals surface area (Å²) in [7, 11) is 0. The number of hydrogen-bond acceptors (Lipinski definition) is 2. The first-order chi connectivity index (χ1) is 12.0. The minimum Gasteiger partial charge on any atom is -0.399 e. The second kappa shape index (κ2) is 6.89. The smallest absolute Gasteiger partial charge is 0.0415 e. The van der Waals surface area contributed by atoms with Gasteiger partial charge in [0.2, 0.25) is 0 Å². The number of rotatable bonds is 4. The number of aromatic nitrogens is 1. The molecule has 2 aromatic rings. The van der Waals surface area contributed by atoms with Crippen LogP contribution < -0.4 is 11.1 Å². The van der Waals surface area contributed by atoms with Crippen molar-refractivity contribution < 1.29 is 0 Å². The predicted octanol–water partition coefficient (Wildman–Crippen LogP) is 5.28. The van der Waals surface area contributed by atoms with Gasteiger partial charge in [0.1, 0.15) is 0 Å². The molecular formula is C22H25N3. The molecule has 0 spiro atoms. The van der Waals surface area contributed by atoms with E-state index in [9.17, 15) is 0 Å². The van der Waals surface area contributed by atoms with Crippen molar-refractivity contribution in [2.45, 2.75) is 27.2 Å². The van der Waals surface area contributed by atoms with Crippen molar-refractivity contribution in [1.29, 1.82) is 0 Å². The summed E-state index contributed by atoms with van der Waals surface area (Å²) < 4.78 is 0. The van der Waals surface area contributed by atoms with Crippen LogP contribution in [-0.4, -0.2) is 4.98 Å². The molecule has 128 valence electrons. The summed E-state index contributed by atoms with van der Waals surface area (Å²) in [5.74, 6) is 0. The standard InChI is InChI=1S/C22H25N3/c1-5-20(25-21-10-9-18(23)11-14(21)2)16(4)17-7-6-8-22-19(12-17)15(3)13-24-22/h5-7,9-13,24-25H,4,8,23H2,1-3H3/b20-5-. The average molecular weight is 331 g/mol. The third-order valence-corrected chi connectivity index (χ3v) is 4.61. The first-order valence-electron chi connectivity index (χ1n) is 8.53. The van der Waals surface area contributed by atoms with Crippen molar-refractivity contribution >= 4 is 17.5 Å². The summed E-state index contributed by atoms with van der Waals surface area (Å²) in [4.78, 5) is 3.35. The minimum absolute atomic E-state index is 0.772. The van der Waals surface area contributed by atoms with Gasteiger partial charge in [-0.1, -0.05) is 24.8 Å². The number of hydrogen-bond donors (Lipinski definition) is 3. The first-order valence-corrected chi connectivity index (χ1v) is 8.53. The van der Waals surface area contributed by atoms with Crippen LogP contribution >= 0.6 is 0 Å². The lowest BCUT2D eigenvalue weighted by atomic mass is 10.0. The maximum atomic E-state index is 5.85. The fourth-order valence-electron chi connectivity index (χ4n) is 3.10. The molecule has 3 rings (SSSR count). The fraction of sp³-hybridized carbons (Fsp3) is 0.182. The molecule has 0 saturated heterocycles. The highest BCUT2D eigenvalue weighted by atomic mass is 14.9. The van der Waals surface area contributed by atoms with Gasteiger partial charge in [-0.3, -0.25) is 0 Å². The Morgan fingerprint density at radius 2 is 2.08 bits per heavy atom. The summed E-state index contributed by atoms with van der Waals surface area (Å²) in [6, 6.07) is 5.89. The lowest BCUT2D eigenvalue weighted by Crippen LogP contribution is -2.05. The van der Waals surface area contributed by atoms with Crippen molar-refractivity contribution in [1.82, 2.24) is 4.98 Å². The third kappa shape index (κ3) is 3.45. The number of allylic oxidation sites excluding steroid dienone is 4. The predicted molar refractivity (Wildman–Crippen MR) is 108 cm³/mol. The van der Waals surface area contributed by atoms with E-state index in [-0.39, 0.29) is 0 Å². The first kappa shape index (κ1) is 16.9. The van der Waals surface area contributed by atoms with Gasteiger partial charge in [0.25, 0.3) is 0 Å². The molecule has 0 atom stereocenters. The minimum atomic E-state index is 0.772. The number of aryl methyl sites for hydroxylation is 2. The number of nitrogens with two attached hydrogens (primary N) is 1. The van der Waals surface area contributed by atoms with E-state index in [2.05, 4.69) is 61.2 Å². The Morgan fingerprint density at radius 3 is 2.80 bits per heavy atom. The Hall–Kier alpha value is -2.94. The summed E-state index contributed by atoms with van der Waals surface area (Å²) in [5, 5.41) is 3.50. The molecule has 0 unspecified atom stereocenters. The van der Waals surface area contributed by atoms with Gasteiger partial charge >= 0.3 is 0 Å². The van der Waals surface area contributed by atoms with E-state index in [1.165, 1.54) is 16.8 Å². The van der Waals surface area contributed by atoms with Crippen molar-refractivity contribution in [3.05, 3.63) is 88.4 Å². The molecule has 0 amide bonds. The SMILES string of the molecule is C=C(C1=Cc2c(C)c[nH]c2CC=C1)/C(=C/C)Nc1ccc(N)cc1C. The zero-order valence-electron chi connectivity index (χ0n) is 15.1. The Bertz CT molecular complexity index is 907. The van der Waals surface area contributed by atoms with Crippen LogP contribution in [0.5, 0.6) is 0 Å². The van der Waals surface area contributed by atoms with E-state index in [0.29, 0.717) is 0 Å². The number of aromatic amines is 1. The van der Waals surface area contributed by atoms with Crippen molar-refractivity contribution in [3.63, 3.8) is 0 Å². The van der Waals surface area contributed by atoms with E-state index in [4.69, 9.17) is 5.73 Å². The van der Waals surface area contributed by atoms with E-state index in [1.54, 1.807) is 0 Å². The highest BCUT2D eigenvalue weighted by Crippen LogP contribution is 2.29. The van der Waals surface area contributed by atoms with Gasteiger partial charge in [0.05, 0.1) is 0 Å². The van der Waals surface area contributed by atoms with Crippen LogP contribution in [0.3, 0.4) is 0 Å². The molecule has 1 aromatic carbocycles. The average Bonchev–Trinajstić information content (AvgIpc) is 2.81. The molecule has 0 bridgehead atoms. The molecular weight excluding hydrogens is 306 g/mol. The molecule has 0 radical (unpaired) electrons. The highest BCUT2D eigenvalue weighted by Gasteiger charge is 2.13. The van der Waals surface area contributed by atoms with E-state index in [0.717, 1.165) is 40.2 Å². The van der Waals surface area contributed by atoms with Gasteiger partial charge in [0.15, 0.2) is 0 Å². The molecule has 1 aliphatic rings. The maximum Gasteiger partial charge on any atom is 0.0415 e. The van der Waals surface area contributed by atoms with Crippen LogP contribution in [-0.2, 0) is 6.42 Å². The monoisotopic (exact) mass is 331 g/mol. The maximum absolute atomic E-state index is 5.85. The van der Waals surface area contributed by atoms with E-state index >= 15 is 0 Å². The third-order valence-electron chi connectivity index (χ3n) is 4.61. The van der Waals surface area contributed by atoms with Crippen LogP contribution in [0, 0.1) is 13.8 Å². The quantitative estimate of drug-likeness (QED) is 0.527. The van der Waals surface area contributed by atoms with Gasteiger partial charge in [-0.2, -0.15) is 0 Å². The second-order valence-corrected chi connectivity index (χ2v) is 6.45. The largest absolute Gasteiger partial charge is 0.399 e. The normalized spacial score (nSPS) is 13.9. The molecule has 1 aliphatic carbocycles. The number of nitrogens with one attached hydrogen (secondary N) is 2. The van der Waals surface area contributed by atoms with Gasteiger partial charge in [-0.05, 0) is 72.9 Å². The van der Waals surface area contributed by atoms with Crippen LogP contribution in [0.25, 0.3) is 6.08 Å². The molecule has 0 fully saturated rings. The molecule has 1 aromatic heterocycles. The Balaban J connectivity index is 1.90. The van der Waals surface area contributed by atoms with Gasteiger partial charge in [-0.25, -0.2) is 0 Å². The van der Waals surface area contributed by atoms with Crippen LogP contribution in [0.1, 0.15) is 29.3 Å². The second-order valence-electron chi connectivity index (χ2n) is 6.45. The summed E-state index contributed by atoms with van der Waals surface area (Å²) in [6.07, 6.45) is 11.6. The van der Waals surface area contributed by atoms with Crippen LogP contribution in [0.15, 0.2) is 66.0 Å². The number of nitrogen functional groups attached to an aromatic ring is 1. The van der Waals surface area contributed by atoms with Crippen molar-refractivity contribution in [3.8, 4) is 0 Å². The molecule has 1 heterocycles. The number of fused-ring (bicyclic) bond motifs is 1. The fourth-order valence-corrected chi connectivity index (χ4v) is 3.10. The van der Waals surface area contributed by atoms with Gasteiger partial charge in [-0.15, -0.1) is 0 Å². The molecule has 25 heavy (non-hydrogen) atoms. The van der Waals surface area contributed by atoms with E-state index in [1.807, 2.05) is 25.1 Å².